The fraction of sp³-hybridized carbons (Fsp3) is 0.167. The van der Waals surface area contributed by atoms with Crippen molar-refractivity contribution in [3.05, 3.63) is 50.9 Å². The van der Waals surface area contributed by atoms with E-state index >= 15 is 0 Å². The van der Waals surface area contributed by atoms with Crippen LogP contribution in [0.3, 0.4) is 0 Å². The zero-order chi connectivity index (χ0) is 14.1. The van der Waals surface area contributed by atoms with Crippen LogP contribution in [0.25, 0.3) is 4.96 Å². The highest BCUT2D eigenvalue weighted by Gasteiger charge is 2.12. The number of hydrogen-bond donors (Lipinski definition) is 2. The maximum Gasteiger partial charge on any atom is 0.297 e. The fourth-order valence-corrected chi connectivity index (χ4v) is 2.56. The van der Waals surface area contributed by atoms with E-state index in [0.29, 0.717) is 27.8 Å². The van der Waals surface area contributed by atoms with Gasteiger partial charge in [0.1, 0.15) is 10.7 Å². The van der Waals surface area contributed by atoms with Gasteiger partial charge in [0.05, 0.1) is 0 Å². The molecular formula is C12H12N6OS. The van der Waals surface area contributed by atoms with Gasteiger partial charge in [-0.25, -0.2) is 0 Å². The van der Waals surface area contributed by atoms with Crippen LogP contribution >= 0.6 is 11.3 Å². The molecule has 8 heteroatoms. The van der Waals surface area contributed by atoms with Gasteiger partial charge in [0, 0.05) is 18.7 Å². The van der Waals surface area contributed by atoms with Gasteiger partial charge in [-0.2, -0.15) is 9.61 Å². The summed E-state index contributed by atoms with van der Waals surface area (Å²) in [5.74, 6) is 0. The fourth-order valence-electron chi connectivity index (χ4n) is 1.86. The second-order valence-corrected chi connectivity index (χ2v) is 5.26. The zero-order valence-corrected chi connectivity index (χ0v) is 11.3. The molecule has 1 aromatic carbocycles. The Labute approximate surface area is 117 Å². The van der Waals surface area contributed by atoms with Gasteiger partial charge in [-0.15, -0.1) is 10.2 Å². The minimum Gasteiger partial charge on any atom is -0.398 e. The summed E-state index contributed by atoms with van der Waals surface area (Å²) >= 11 is 1.26. The summed E-state index contributed by atoms with van der Waals surface area (Å²) in [6.45, 7) is 0.272. The predicted octanol–water partition coefficient (Wildman–Crippen LogP) is 0.178. The van der Waals surface area contributed by atoms with Crippen molar-refractivity contribution in [2.75, 3.05) is 5.73 Å². The zero-order valence-electron chi connectivity index (χ0n) is 10.5. The van der Waals surface area contributed by atoms with E-state index in [2.05, 4.69) is 15.3 Å². The number of benzene rings is 1. The summed E-state index contributed by atoms with van der Waals surface area (Å²) in [7, 11) is 0. The molecule has 2 heterocycles. The molecular weight excluding hydrogens is 276 g/mol. The quantitative estimate of drug-likeness (QED) is 0.665. The molecule has 4 N–H and O–H groups in total. The van der Waals surface area contributed by atoms with E-state index in [1.54, 1.807) is 6.07 Å². The van der Waals surface area contributed by atoms with E-state index in [-0.39, 0.29) is 12.1 Å². The van der Waals surface area contributed by atoms with Crippen LogP contribution in [0.1, 0.15) is 16.3 Å². The highest BCUT2D eigenvalue weighted by Crippen LogP contribution is 2.14. The van der Waals surface area contributed by atoms with Crippen molar-refractivity contribution < 1.29 is 0 Å². The summed E-state index contributed by atoms with van der Waals surface area (Å²) in [5.41, 5.74) is 12.9. The van der Waals surface area contributed by atoms with Gasteiger partial charge in [0.25, 0.3) is 5.56 Å². The van der Waals surface area contributed by atoms with Crippen molar-refractivity contribution in [1.29, 1.82) is 0 Å². The molecule has 0 fully saturated rings. The second kappa shape index (κ2) is 4.99. The molecule has 0 radical (unpaired) electrons. The maximum atomic E-state index is 12.3. The number of aromatic nitrogens is 4. The largest absolute Gasteiger partial charge is 0.398 e. The third-order valence-electron chi connectivity index (χ3n) is 2.88. The van der Waals surface area contributed by atoms with E-state index in [9.17, 15) is 4.79 Å². The van der Waals surface area contributed by atoms with Crippen LogP contribution in [-0.2, 0) is 13.0 Å². The van der Waals surface area contributed by atoms with Crippen LogP contribution < -0.4 is 17.0 Å². The SMILES string of the molecule is NCc1nn2c(=O)c(Cc3ccccc3N)nnc2s1. The summed E-state index contributed by atoms with van der Waals surface area (Å²) in [5, 5.41) is 12.8. The Hall–Kier alpha value is -2.32. The molecule has 7 nitrogen and oxygen atoms in total. The monoisotopic (exact) mass is 288 g/mol. The van der Waals surface area contributed by atoms with Gasteiger partial charge < -0.3 is 11.5 Å². The third-order valence-corrected chi connectivity index (χ3v) is 3.81. The van der Waals surface area contributed by atoms with Gasteiger partial charge in [-0.3, -0.25) is 4.79 Å². The highest BCUT2D eigenvalue weighted by atomic mass is 32.1. The number of anilines is 1. The van der Waals surface area contributed by atoms with Crippen LogP contribution in [-0.4, -0.2) is 19.8 Å². The third kappa shape index (κ3) is 2.15. The Bertz CT molecular complexity index is 824. The lowest BCUT2D eigenvalue weighted by molar-refractivity contribution is 0.789. The number of nitrogens with zero attached hydrogens (tertiary/aromatic N) is 4. The molecule has 0 aliphatic heterocycles. The molecule has 0 bridgehead atoms. The predicted molar refractivity (Wildman–Crippen MR) is 76.5 cm³/mol. The molecule has 0 atom stereocenters. The Balaban J connectivity index is 2.06. The second-order valence-electron chi connectivity index (χ2n) is 4.22. The average Bonchev–Trinajstić information content (AvgIpc) is 2.88. The summed E-state index contributed by atoms with van der Waals surface area (Å²) in [6, 6.07) is 7.35. The topological polar surface area (TPSA) is 112 Å². The minimum atomic E-state index is -0.283. The summed E-state index contributed by atoms with van der Waals surface area (Å²) in [4.78, 5) is 12.7. The summed E-state index contributed by atoms with van der Waals surface area (Å²) < 4.78 is 1.24. The van der Waals surface area contributed by atoms with Gasteiger partial charge in [-0.1, -0.05) is 29.5 Å². The maximum absolute atomic E-state index is 12.3. The first-order valence-corrected chi connectivity index (χ1v) is 6.78. The Morgan fingerprint density at radius 2 is 2.05 bits per heavy atom. The number of para-hydroxylation sites is 1. The molecule has 0 aliphatic carbocycles. The first-order valence-electron chi connectivity index (χ1n) is 5.97. The minimum absolute atomic E-state index is 0.272. The van der Waals surface area contributed by atoms with Crippen molar-refractivity contribution in [2.24, 2.45) is 5.73 Å². The molecule has 2 aromatic heterocycles. The van der Waals surface area contributed by atoms with Crippen molar-refractivity contribution >= 4 is 22.0 Å². The van der Waals surface area contributed by atoms with Gasteiger partial charge in [0.15, 0.2) is 0 Å². The number of hydrogen-bond acceptors (Lipinski definition) is 7. The van der Waals surface area contributed by atoms with Crippen molar-refractivity contribution in [2.45, 2.75) is 13.0 Å². The van der Waals surface area contributed by atoms with Crippen LogP contribution in [0.2, 0.25) is 0 Å². The molecule has 0 unspecified atom stereocenters. The molecule has 20 heavy (non-hydrogen) atoms. The Morgan fingerprint density at radius 1 is 1.25 bits per heavy atom. The summed E-state index contributed by atoms with van der Waals surface area (Å²) in [6.07, 6.45) is 0.330. The lowest BCUT2D eigenvalue weighted by atomic mass is 10.1. The van der Waals surface area contributed by atoms with Crippen molar-refractivity contribution in [3.8, 4) is 0 Å². The van der Waals surface area contributed by atoms with Crippen LogP contribution in [0, 0.1) is 0 Å². The van der Waals surface area contributed by atoms with E-state index < -0.39 is 0 Å². The van der Waals surface area contributed by atoms with Crippen molar-refractivity contribution in [3.63, 3.8) is 0 Å². The standard InChI is InChI=1S/C12H12N6OS/c13-6-10-17-18-11(19)9(15-16-12(18)20-10)5-7-3-1-2-4-8(7)14/h1-4H,5-6,13-14H2. The first-order chi connectivity index (χ1) is 9.69. The van der Waals surface area contributed by atoms with E-state index in [4.69, 9.17) is 11.5 Å². The molecule has 0 amide bonds. The molecule has 0 saturated heterocycles. The lowest BCUT2D eigenvalue weighted by Crippen LogP contribution is -2.22. The number of fused-ring (bicyclic) bond motifs is 1. The Kier molecular flexibility index (Phi) is 3.17. The van der Waals surface area contributed by atoms with E-state index in [1.807, 2.05) is 18.2 Å². The van der Waals surface area contributed by atoms with Crippen LogP contribution in [0.4, 0.5) is 5.69 Å². The average molecular weight is 288 g/mol. The van der Waals surface area contributed by atoms with Gasteiger partial charge in [0.2, 0.25) is 4.96 Å². The first kappa shape index (κ1) is 12.7. The molecule has 3 rings (SSSR count). The Morgan fingerprint density at radius 3 is 2.80 bits per heavy atom. The van der Waals surface area contributed by atoms with Gasteiger partial charge >= 0.3 is 0 Å². The molecule has 3 aromatic rings. The van der Waals surface area contributed by atoms with Crippen molar-refractivity contribution in [1.82, 2.24) is 19.8 Å². The number of nitrogens with two attached hydrogens (primary N) is 2. The van der Waals surface area contributed by atoms with Crippen LogP contribution in [0.15, 0.2) is 29.1 Å². The number of rotatable bonds is 3. The smallest absolute Gasteiger partial charge is 0.297 e. The van der Waals surface area contributed by atoms with Gasteiger partial charge in [-0.05, 0) is 11.6 Å². The molecule has 0 aliphatic rings. The normalized spacial score (nSPS) is 11.1. The van der Waals surface area contributed by atoms with E-state index in [1.165, 1.54) is 15.9 Å². The molecule has 102 valence electrons. The molecule has 0 saturated carbocycles. The lowest BCUT2D eigenvalue weighted by Gasteiger charge is -2.03. The molecule has 0 spiro atoms. The number of nitrogen functional groups attached to an aromatic ring is 1. The van der Waals surface area contributed by atoms with E-state index in [0.717, 1.165) is 5.56 Å². The van der Waals surface area contributed by atoms with Crippen LogP contribution in [0.5, 0.6) is 0 Å². The highest BCUT2D eigenvalue weighted by molar-refractivity contribution is 7.16.